The molecule has 1 N–H and O–H groups in total. The van der Waals surface area contributed by atoms with Crippen molar-refractivity contribution in [3.63, 3.8) is 0 Å². The topological polar surface area (TPSA) is 84.7 Å². The maximum absolute atomic E-state index is 13.1. The Kier molecular flexibility index (Phi) is 6.34. The van der Waals surface area contributed by atoms with Gasteiger partial charge in [-0.3, -0.25) is 0 Å². The number of carbonyl (C=O) groups excluding carboxylic acids is 2. The fraction of sp³-hybridized carbons (Fsp3) is 0.476. The SMILES string of the molecule is COC(=O)c1coc(CN(C(=O)Nc2ccc(C)c(C)c2)C2CCCCC2)n1. The van der Waals surface area contributed by atoms with Crippen LogP contribution in [0.2, 0.25) is 0 Å². The molecule has 0 bridgehead atoms. The van der Waals surface area contributed by atoms with Crippen LogP contribution in [-0.4, -0.2) is 35.0 Å². The van der Waals surface area contributed by atoms with Crippen molar-refractivity contribution >= 4 is 17.7 Å². The minimum Gasteiger partial charge on any atom is -0.464 e. The molecule has 28 heavy (non-hydrogen) atoms. The molecule has 0 radical (unpaired) electrons. The number of benzene rings is 1. The Morgan fingerprint density at radius 3 is 2.64 bits per heavy atom. The van der Waals surface area contributed by atoms with Gasteiger partial charge in [-0.25, -0.2) is 14.6 Å². The normalized spacial score (nSPS) is 14.5. The summed E-state index contributed by atoms with van der Waals surface area (Å²) >= 11 is 0. The molecule has 0 atom stereocenters. The van der Waals surface area contributed by atoms with Crippen LogP contribution in [0.25, 0.3) is 0 Å². The molecule has 0 unspecified atom stereocenters. The maximum Gasteiger partial charge on any atom is 0.360 e. The summed E-state index contributed by atoms with van der Waals surface area (Å²) in [5.74, 6) is -0.236. The highest BCUT2D eigenvalue weighted by molar-refractivity contribution is 5.89. The van der Waals surface area contributed by atoms with E-state index >= 15 is 0 Å². The Labute approximate surface area is 165 Å². The van der Waals surface area contributed by atoms with Crippen LogP contribution >= 0.6 is 0 Å². The molecule has 150 valence electrons. The Morgan fingerprint density at radius 2 is 1.96 bits per heavy atom. The Bertz CT molecular complexity index is 840. The van der Waals surface area contributed by atoms with Crippen LogP contribution in [0.5, 0.6) is 0 Å². The molecule has 2 aromatic rings. The van der Waals surface area contributed by atoms with E-state index in [0.717, 1.165) is 36.9 Å². The van der Waals surface area contributed by atoms with Crippen molar-refractivity contribution in [1.82, 2.24) is 9.88 Å². The Hall–Kier alpha value is -2.83. The zero-order chi connectivity index (χ0) is 20.1. The molecular weight excluding hydrogens is 358 g/mol. The van der Waals surface area contributed by atoms with Crippen LogP contribution in [0.1, 0.15) is 59.6 Å². The lowest BCUT2D eigenvalue weighted by Crippen LogP contribution is -2.43. The van der Waals surface area contributed by atoms with Crippen molar-refractivity contribution in [3.8, 4) is 0 Å². The third kappa shape index (κ3) is 4.71. The van der Waals surface area contributed by atoms with Gasteiger partial charge in [0.05, 0.1) is 13.7 Å². The van der Waals surface area contributed by atoms with Gasteiger partial charge in [-0.05, 0) is 49.9 Å². The minimum absolute atomic E-state index is 0.107. The maximum atomic E-state index is 13.1. The summed E-state index contributed by atoms with van der Waals surface area (Å²) in [6, 6.07) is 5.79. The highest BCUT2D eigenvalue weighted by Crippen LogP contribution is 2.25. The number of methoxy groups -OCH3 is 1. The molecule has 7 heteroatoms. The van der Waals surface area contributed by atoms with Crippen LogP contribution in [0, 0.1) is 13.8 Å². The quantitative estimate of drug-likeness (QED) is 0.769. The number of ether oxygens (including phenoxy) is 1. The van der Waals surface area contributed by atoms with Crippen molar-refractivity contribution in [1.29, 1.82) is 0 Å². The Balaban J connectivity index is 1.77. The standard InChI is InChI=1S/C21H27N3O4/c1-14-9-10-16(11-15(14)2)22-21(26)24(17-7-5-4-6-8-17)12-19-23-18(13-28-19)20(25)27-3/h9-11,13,17H,4-8,12H2,1-3H3,(H,22,26). The number of amides is 2. The van der Waals surface area contributed by atoms with Gasteiger partial charge in [-0.1, -0.05) is 25.3 Å². The number of carbonyl (C=O) groups is 2. The number of rotatable bonds is 5. The number of aromatic nitrogens is 1. The fourth-order valence-corrected chi connectivity index (χ4v) is 3.50. The minimum atomic E-state index is -0.557. The highest BCUT2D eigenvalue weighted by atomic mass is 16.5. The van der Waals surface area contributed by atoms with Crippen LogP contribution in [0.3, 0.4) is 0 Å². The predicted octanol–water partition coefficient (Wildman–Crippen LogP) is 4.44. The third-order valence-electron chi connectivity index (χ3n) is 5.29. The summed E-state index contributed by atoms with van der Waals surface area (Å²) in [5, 5.41) is 2.99. The van der Waals surface area contributed by atoms with Crippen LogP contribution < -0.4 is 5.32 Å². The summed E-state index contributed by atoms with van der Waals surface area (Å²) in [6.07, 6.45) is 6.54. The number of nitrogens with one attached hydrogen (secondary N) is 1. The largest absolute Gasteiger partial charge is 0.464 e. The molecule has 0 aliphatic heterocycles. The van der Waals surface area contributed by atoms with Gasteiger partial charge in [0.1, 0.15) is 6.26 Å². The monoisotopic (exact) mass is 385 g/mol. The zero-order valence-corrected chi connectivity index (χ0v) is 16.7. The first-order valence-electron chi connectivity index (χ1n) is 9.65. The zero-order valence-electron chi connectivity index (χ0n) is 16.7. The number of aryl methyl sites for hydroxylation is 2. The predicted molar refractivity (Wildman–Crippen MR) is 105 cm³/mol. The molecule has 0 spiro atoms. The molecule has 1 aliphatic rings. The van der Waals surface area contributed by atoms with Crippen LogP contribution in [0.15, 0.2) is 28.9 Å². The van der Waals surface area contributed by atoms with Gasteiger partial charge in [-0.15, -0.1) is 0 Å². The molecule has 3 rings (SSSR count). The lowest BCUT2D eigenvalue weighted by atomic mass is 9.94. The first-order chi connectivity index (χ1) is 13.5. The Morgan fingerprint density at radius 1 is 1.21 bits per heavy atom. The molecular formula is C21H27N3O4. The molecule has 1 aromatic carbocycles. The number of hydrogen-bond donors (Lipinski definition) is 1. The van der Waals surface area contributed by atoms with Crippen molar-refractivity contribution < 1.29 is 18.7 Å². The number of nitrogens with zero attached hydrogens (tertiary/aromatic N) is 2. The molecule has 0 saturated heterocycles. The van der Waals surface area contributed by atoms with E-state index < -0.39 is 5.97 Å². The van der Waals surface area contributed by atoms with Gasteiger partial charge < -0.3 is 19.4 Å². The van der Waals surface area contributed by atoms with Crippen LogP contribution in [0.4, 0.5) is 10.5 Å². The second-order valence-corrected chi connectivity index (χ2v) is 7.27. The summed E-state index contributed by atoms with van der Waals surface area (Å²) in [5.41, 5.74) is 3.17. The summed E-state index contributed by atoms with van der Waals surface area (Å²) in [7, 11) is 1.29. The van der Waals surface area contributed by atoms with Gasteiger partial charge in [0.2, 0.25) is 5.89 Å². The molecule has 2 amide bonds. The smallest absolute Gasteiger partial charge is 0.360 e. The van der Waals surface area contributed by atoms with Gasteiger partial charge in [0.25, 0.3) is 0 Å². The van der Waals surface area contributed by atoms with E-state index in [-0.39, 0.29) is 24.3 Å². The lowest BCUT2D eigenvalue weighted by molar-refractivity contribution is 0.0594. The van der Waals surface area contributed by atoms with E-state index in [1.54, 1.807) is 4.90 Å². The van der Waals surface area contributed by atoms with Gasteiger partial charge in [0.15, 0.2) is 5.69 Å². The summed E-state index contributed by atoms with van der Waals surface area (Å²) in [4.78, 5) is 30.6. The van der Waals surface area contributed by atoms with Crippen LogP contribution in [-0.2, 0) is 11.3 Å². The van der Waals surface area contributed by atoms with Gasteiger partial charge in [-0.2, -0.15) is 0 Å². The second-order valence-electron chi connectivity index (χ2n) is 7.27. The van der Waals surface area contributed by atoms with Gasteiger partial charge in [0, 0.05) is 11.7 Å². The second kappa shape index (κ2) is 8.91. The first kappa shape index (κ1) is 19.9. The molecule has 1 aliphatic carbocycles. The number of oxazole rings is 1. The van der Waals surface area contributed by atoms with E-state index in [9.17, 15) is 9.59 Å². The number of hydrogen-bond acceptors (Lipinski definition) is 5. The summed E-state index contributed by atoms with van der Waals surface area (Å²) in [6.45, 7) is 4.26. The van der Waals surface area contributed by atoms with Crippen molar-refractivity contribution in [2.75, 3.05) is 12.4 Å². The van der Waals surface area contributed by atoms with E-state index in [1.807, 2.05) is 32.0 Å². The van der Waals surface area contributed by atoms with E-state index in [2.05, 4.69) is 15.0 Å². The lowest BCUT2D eigenvalue weighted by Gasteiger charge is -2.33. The molecule has 1 fully saturated rings. The average Bonchev–Trinajstić information content (AvgIpc) is 3.17. The molecule has 1 saturated carbocycles. The molecule has 1 heterocycles. The number of urea groups is 1. The summed E-state index contributed by atoms with van der Waals surface area (Å²) < 4.78 is 10.1. The van der Waals surface area contributed by atoms with Crippen molar-refractivity contribution in [3.05, 3.63) is 47.2 Å². The van der Waals surface area contributed by atoms with E-state index in [1.165, 1.54) is 25.4 Å². The van der Waals surface area contributed by atoms with E-state index in [0.29, 0.717) is 5.89 Å². The van der Waals surface area contributed by atoms with Crippen molar-refractivity contribution in [2.45, 2.75) is 58.5 Å². The fourth-order valence-electron chi connectivity index (χ4n) is 3.50. The number of esters is 1. The highest BCUT2D eigenvalue weighted by Gasteiger charge is 2.27. The number of anilines is 1. The molecule has 1 aromatic heterocycles. The first-order valence-corrected chi connectivity index (χ1v) is 9.65. The molecule has 7 nitrogen and oxygen atoms in total. The van der Waals surface area contributed by atoms with E-state index in [4.69, 9.17) is 4.42 Å². The van der Waals surface area contributed by atoms with Crippen molar-refractivity contribution in [2.24, 2.45) is 0 Å². The average molecular weight is 385 g/mol. The van der Waals surface area contributed by atoms with Gasteiger partial charge >= 0.3 is 12.0 Å². The third-order valence-corrected chi connectivity index (χ3v) is 5.29.